The Labute approximate surface area is 152 Å². The lowest BCUT2D eigenvalue weighted by molar-refractivity contribution is 0.0951. The number of carbonyl (C=O) groups is 2. The molecular formula is C19H20ClN3O2. The molecule has 0 aliphatic carbocycles. The van der Waals surface area contributed by atoms with Crippen LogP contribution in [0.3, 0.4) is 0 Å². The van der Waals surface area contributed by atoms with Crippen molar-refractivity contribution < 1.29 is 9.59 Å². The van der Waals surface area contributed by atoms with Crippen LogP contribution in [0.2, 0.25) is 5.02 Å². The van der Waals surface area contributed by atoms with Gasteiger partial charge in [-0.1, -0.05) is 23.7 Å². The van der Waals surface area contributed by atoms with Gasteiger partial charge in [0.05, 0.1) is 0 Å². The maximum atomic E-state index is 12.1. The summed E-state index contributed by atoms with van der Waals surface area (Å²) >= 11 is 5.83. The summed E-state index contributed by atoms with van der Waals surface area (Å²) in [4.78, 5) is 26.1. The largest absolute Gasteiger partial charge is 0.348 e. The molecule has 1 aliphatic heterocycles. The quantitative estimate of drug-likeness (QED) is 0.871. The number of hydrogen-bond acceptors (Lipinski definition) is 2. The molecule has 1 heterocycles. The van der Waals surface area contributed by atoms with Gasteiger partial charge in [-0.3, -0.25) is 4.79 Å². The van der Waals surface area contributed by atoms with Crippen LogP contribution in [0.25, 0.3) is 0 Å². The van der Waals surface area contributed by atoms with E-state index in [9.17, 15) is 9.59 Å². The summed E-state index contributed by atoms with van der Waals surface area (Å²) in [6.45, 7) is 2.00. The highest BCUT2D eigenvalue weighted by Crippen LogP contribution is 2.14. The molecule has 2 N–H and O–H groups in total. The second kappa shape index (κ2) is 8.03. The molecule has 0 bridgehead atoms. The van der Waals surface area contributed by atoms with Crippen molar-refractivity contribution in [2.24, 2.45) is 0 Å². The zero-order valence-electron chi connectivity index (χ0n) is 13.8. The summed E-state index contributed by atoms with van der Waals surface area (Å²) in [7, 11) is 0. The Balaban J connectivity index is 1.56. The molecule has 0 unspecified atom stereocenters. The predicted octanol–water partition coefficient (Wildman–Crippen LogP) is 3.90. The number of anilines is 1. The van der Waals surface area contributed by atoms with E-state index in [1.54, 1.807) is 24.3 Å². The minimum Gasteiger partial charge on any atom is -0.348 e. The van der Waals surface area contributed by atoms with Crippen molar-refractivity contribution >= 4 is 29.2 Å². The Morgan fingerprint density at radius 3 is 2.48 bits per heavy atom. The second-order valence-electron chi connectivity index (χ2n) is 6.01. The normalized spacial score (nSPS) is 13.6. The Morgan fingerprint density at radius 1 is 1.04 bits per heavy atom. The zero-order chi connectivity index (χ0) is 17.6. The number of nitrogens with one attached hydrogen (secondary N) is 2. The molecule has 130 valence electrons. The summed E-state index contributed by atoms with van der Waals surface area (Å²) in [6.07, 6.45) is 2.12. The van der Waals surface area contributed by atoms with Crippen molar-refractivity contribution in [3.8, 4) is 0 Å². The Morgan fingerprint density at radius 2 is 1.76 bits per heavy atom. The number of rotatable bonds is 4. The van der Waals surface area contributed by atoms with Crippen LogP contribution < -0.4 is 10.6 Å². The van der Waals surface area contributed by atoms with E-state index in [0.29, 0.717) is 17.1 Å². The molecule has 0 aromatic heterocycles. The first-order valence-corrected chi connectivity index (χ1v) is 8.68. The van der Waals surface area contributed by atoms with Crippen molar-refractivity contribution in [2.45, 2.75) is 19.4 Å². The van der Waals surface area contributed by atoms with E-state index in [-0.39, 0.29) is 11.9 Å². The molecule has 1 fully saturated rings. The molecule has 0 spiro atoms. The fourth-order valence-corrected chi connectivity index (χ4v) is 2.89. The van der Waals surface area contributed by atoms with Gasteiger partial charge in [0.15, 0.2) is 0 Å². The van der Waals surface area contributed by atoms with Gasteiger partial charge in [-0.15, -0.1) is 0 Å². The maximum Gasteiger partial charge on any atom is 0.321 e. The Hall–Kier alpha value is -2.53. The first kappa shape index (κ1) is 17.3. The van der Waals surface area contributed by atoms with E-state index in [4.69, 9.17) is 11.6 Å². The third-order valence-electron chi connectivity index (χ3n) is 4.13. The molecule has 0 radical (unpaired) electrons. The Kier molecular flexibility index (Phi) is 5.56. The molecule has 1 aliphatic rings. The van der Waals surface area contributed by atoms with E-state index in [0.717, 1.165) is 37.2 Å². The molecule has 3 amide bonds. The van der Waals surface area contributed by atoms with Gasteiger partial charge in [-0.05, 0) is 54.8 Å². The van der Waals surface area contributed by atoms with Crippen molar-refractivity contribution in [2.75, 3.05) is 18.4 Å². The van der Waals surface area contributed by atoms with Crippen LogP contribution in [0.1, 0.15) is 28.8 Å². The van der Waals surface area contributed by atoms with Gasteiger partial charge in [0.1, 0.15) is 0 Å². The summed E-state index contributed by atoms with van der Waals surface area (Å²) in [5, 5.41) is 6.37. The molecule has 25 heavy (non-hydrogen) atoms. The van der Waals surface area contributed by atoms with Crippen molar-refractivity contribution in [3.05, 3.63) is 64.7 Å². The molecule has 6 heteroatoms. The molecule has 1 saturated heterocycles. The van der Waals surface area contributed by atoms with Crippen LogP contribution in [-0.2, 0) is 6.54 Å². The van der Waals surface area contributed by atoms with Gasteiger partial charge >= 0.3 is 6.03 Å². The van der Waals surface area contributed by atoms with E-state index >= 15 is 0 Å². The van der Waals surface area contributed by atoms with Crippen molar-refractivity contribution in [3.63, 3.8) is 0 Å². The SMILES string of the molecule is O=C(NCc1cccc(NC(=O)N2CCCC2)c1)c1ccc(Cl)cc1. The van der Waals surface area contributed by atoms with Crippen LogP contribution in [0.15, 0.2) is 48.5 Å². The van der Waals surface area contributed by atoms with E-state index in [2.05, 4.69) is 10.6 Å². The summed E-state index contributed by atoms with van der Waals surface area (Å²) < 4.78 is 0. The van der Waals surface area contributed by atoms with E-state index in [1.807, 2.05) is 29.2 Å². The second-order valence-corrected chi connectivity index (χ2v) is 6.45. The fraction of sp³-hybridized carbons (Fsp3) is 0.263. The number of amides is 3. The highest BCUT2D eigenvalue weighted by Gasteiger charge is 2.17. The smallest absolute Gasteiger partial charge is 0.321 e. The van der Waals surface area contributed by atoms with Crippen molar-refractivity contribution in [1.29, 1.82) is 0 Å². The maximum absolute atomic E-state index is 12.1. The standard InChI is InChI=1S/C19H20ClN3O2/c20-16-8-6-15(7-9-16)18(24)21-13-14-4-3-5-17(12-14)22-19(25)23-10-1-2-11-23/h3-9,12H,1-2,10-11,13H2,(H,21,24)(H,22,25). The van der Waals surface area contributed by atoms with Crippen LogP contribution in [-0.4, -0.2) is 29.9 Å². The molecule has 0 atom stereocenters. The lowest BCUT2D eigenvalue weighted by Crippen LogP contribution is -2.32. The first-order chi connectivity index (χ1) is 12.1. The van der Waals surface area contributed by atoms with Crippen LogP contribution in [0, 0.1) is 0 Å². The van der Waals surface area contributed by atoms with Gasteiger partial charge in [0, 0.05) is 35.9 Å². The number of nitrogens with zero attached hydrogens (tertiary/aromatic N) is 1. The number of urea groups is 1. The third kappa shape index (κ3) is 4.73. The molecule has 2 aromatic rings. The van der Waals surface area contributed by atoms with Crippen molar-refractivity contribution in [1.82, 2.24) is 10.2 Å². The lowest BCUT2D eigenvalue weighted by Gasteiger charge is -2.16. The van der Waals surface area contributed by atoms with Gasteiger partial charge < -0.3 is 15.5 Å². The fourth-order valence-electron chi connectivity index (χ4n) is 2.77. The number of likely N-dealkylation sites (tertiary alicyclic amines) is 1. The number of halogens is 1. The molecule has 3 rings (SSSR count). The van der Waals surface area contributed by atoms with Crippen LogP contribution in [0.5, 0.6) is 0 Å². The van der Waals surface area contributed by atoms with Crippen LogP contribution in [0.4, 0.5) is 10.5 Å². The van der Waals surface area contributed by atoms with E-state index in [1.165, 1.54) is 0 Å². The topological polar surface area (TPSA) is 61.4 Å². The average Bonchev–Trinajstić information content (AvgIpc) is 3.15. The van der Waals surface area contributed by atoms with Gasteiger partial charge in [0.2, 0.25) is 0 Å². The molecule has 0 saturated carbocycles. The number of carbonyl (C=O) groups excluding carboxylic acids is 2. The predicted molar refractivity (Wildman–Crippen MR) is 98.9 cm³/mol. The zero-order valence-corrected chi connectivity index (χ0v) is 14.6. The highest BCUT2D eigenvalue weighted by atomic mass is 35.5. The minimum absolute atomic E-state index is 0.0696. The highest BCUT2D eigenvalue weighted by molar-refractivity contribution is 6.30. The molecular weight excluding hydrogens is 338 g/mol. The van der Waals surface area contributed by atoms with E-state index < -0.39 is 0 Å². The van der Waals surface area contributed by atoms with Gasteiger partial charge in [-0.2, -0.15) is 0 Å². The summed E-state index contributed by atoms with van der Waals surface area (Å²) in [5.41, 5.74) is 2.21. The Bertz CT molecular complexity index is 756. The minimum atomic E-state index is -0.164. The summed E-state index contributed by atoms with van der Waals surface area (Å²) in [5.74, 6) is -0.164. The van der Waals surface area contributed by atoms with Gasteiger partial charge in [-0.25, -0.2) is 4.79 Å². The van der Waals surface area contributed by atoms with Crippen LogP contribution >= 0.6 is 11.6 Å². The van der Waals surface area contributed by atoms with Gasteiger partial charge in [0.25, 0.3) is 5.91 Å². The number of hydrogen-bond donors (Lipinski definition) is 2. The molecule has 2 aromatic carbocycles. The number of benzene rings is 2. The third-order valence-corrected chi connectivity index (χ3v) is 4.38. The first-order valence-electron chi connectivity index (χ1n) is 8.30. The lowest BCUT2D eigenvalue weighted by atomic mass is 10.1. The monoisotopic (exact) mass is 357 g/mol. The molecule has 5 nitrogen and oxygen atoms in total. The summed E-state index contributed by atoms with van der Waals surface area (Å²) in [6, 6.07) is 14.2. The average molecular weight is 358 g/mol.